The molecule has 0 heterocycles. The number of hydrogen-bond donors (Lipinski definition) is 3. The van der Waals surface area contributed by atoms with Crippen LogP contribution in [0, 0.1) is 5.82 Å². The maximum Gasteiger partial charge on any atom is 0.312 e. The molecule has 19 heavy (non-hydrogen) atoms. The van der Waals surface area contributed by atoms with Crippen molar-refractivity contribution in [2.75, 3.05) is 11.9 Å². The maximum atomic E-state index is 12.7. The van der Waals surface area contributed by atoms with E-state index in [-0.39, 0.29) is 11.7 Å². The van der Waals surface area contributed by atoms with Gasteiger partial charge >= 0.3 is 6.03 Å². The van der Waals surface area contributed by atoms with Crippen molar-refractivity contribution >= 4 is 17.6 Å². The summed E-state index contributed by atoms with van der Waals surface area (Å²) < 4.78 is 12.7. The molecule has 5 nitrogen and oxygen atoms in total. The fourth-order valence-corrected chi connectivity index (χ4v) is 1.56. The number of anilines is 1. The molecule has 1 rings (SSSR count). The van der Waals surface area contributed by atoms with Gasteiger partial charge in [0.2, 0.25) is 5.91 Å². The van der Waals surface area contributed by atoms with Crippen molar-refractivity contribution in [3.63, 3.8) is 0 Å². The first-order chi connectivity index (χ1) is 9.08. The second kappa shape index (κ2) is 8.07. The molecule has 4 N–H and O–H groups in total. The van der Waals surface area contributed by atoms with Crippen molar-refractivity contribution in [1.82, 2.24) is 5.32 Å². The number of primary amides is 1. The third kappa shape index (κ3) is 7.03. The molecule has 0 aliphatic heterocycles. The first kappa shape index (κ1) is 14.9. The van der Waals surface area contributed by atoms with Crippen LogP contribution in [-0.2, 0) is 4.79 Å². The third-order valence-electron chi connectivity index (χ3n) is 2.51. The molecule has 0 atom stereocenters. The zero-order chi connectivity index (χ0) is 14.1. The molecule has 0 fully saturated rings. The molecular weight excluding hydrogens is 249 g/mol. The molecule has 0 spiro atoms. The lowest BCUT2D eigenvalue weighted by molar-refractivity contribution is -0.116. The Kier molecular flexibility index (Phi) is 6.35. The fraction of sp³-hybridized carbons (Fsp3) is 0.385. The highest BCUT2D eigenvalue weighted by molar-refractivity contribution is 5.90. The standard InChI is InChI=1S/C13H18FN3O2/c14-10-5-7-11(8-6-10)17-12(18)4-2-1-3-9-16-13(15)19/h5-8H,1-4,9H2,(H,17,18)(H3,15,16,19). The zero-order valence-corrected chi connectivity index (χ0v) is 10.6. The van der Waals surface area contributed by atoms with E-state index in [4.69, 9.17) is 5.73 Å². The van der Waals surface area contributed by atoms with Crippen molar-refractivity contribution in [2.45, 2.75) is 25.7 Å². The molecule has 0 saturated carbocycles. The van der Waals surface area contributed by atoms with Crippen LogP contribution in [0.25, 0.3) is 0 Å². The van der Waals surface area contributed by atoms with Gasteiger partial charge in [0, 0.05) is 18.7 Å². The average Bonchev–Trinajstić information content (AvgIpc) is 2.36. The monoisotopic (exact) mass is 267 g/mol. The first-order valence-corrected chi connectivity index (χ1v) is 6.16. The van der Waals surface area contributed by atoms with Gasteiger partial charge < -0.3 is 16.4 Å². The number of nitrogens with one attached hydrogen (secondary N) is 2. The lowest BCUT2D eigenvalue weighted by Crippen LogP contribution is -2.29. The SMILES string of the molecule is NC(=O)NCCCCCC(=O)Nc1ccc(F)cc1. The van der Waals surface area contributed by atoms with Gasteiger partial charge in [0.1, 0.15) is 5.82 Å². The summed E-state index contributed by atoms with van der Waals surface area (Å²) in [4.78, 5) is 21.9. The van der Waals surface area contributed by atoms with Gasteiger partial charge in [0.05, 0.1) is 0 Å². The van der Waals surface area contributed by atoms with E-state index in [1.165, 1.54) is 24.3 Å². The Morgan fingerprint density at radius 3 is 2.42 bits per heavy atom. The van der Waals surface area contributed by atoms with E-state index in [9.17, 15) is 14.0 Å². The number of rotatable bonds is 7. The Balaban J connectivity index is 2.11. The van der Waals surface area contributed by atoms with Gasteiger partial charge in [-0.2, -0.15) is 0 Å². The second-order valence-electron chi connectivity index (χ2n) is 4.16. The molecule has 6 heteroatoms. The topological polar surface area (TPSA) is 84.2 Å². The van der Waals surface area contributed by atoms with E-state index in [2.05, 4.69) is 10.6 Å². The van der Waals surface area contributed by atoms with Crippen molar-refractivity contribution in [1.29, 1.82) is 0 Å². The van der Waals surface area contributed by atoms with Gasteiger partial charge in [-0.25, -0.2) is 9.18 Å². The van der Waals surface area contributed by atoms with Crippen molar-refractivity contribution in [2.24, 2.45) is 5.73 Å². The highest BCUT2D eigenvalue weighted by atomic mass is 19.1. The van der Waals surface area contributed by atoms with E-state index in [1.54, 1.807) is 0 Å². The summed E-state index contributed by atoms with van der Waals surface area (Å²) in [6.45, 7) is 0.523. The van der Waals surface area contributed by atoms with E-state index in [0.717, 1.165) is 19.3 Å². The number of halogens is 1. The number of benzene rings is 1. The molecule has 3 amide bonds. The van der Waals surface area contributed by atoms with Crippen LogP contribution >= 0.6 is 0 Å². The Morgan fingerprint density at radius 1 is 1.11 bits per heavy atom. The van der Waals surface area contributed by atoms with Gasteiger partial charge in [0.25, 0.3) is 0 Å². The van der Waals surface area contributed by atoms with Gasteiger partial charge in [0.15, 0.2) is 0 Å². The van der Waals surface area contributed by atoms with Crippen molar-refractivity contribution in [3.8, 4) is 0 Å². The highest BCUT2D eigenvalue weighted by Gasteiger charge is 2.02. The molecule has 0 aliphatic carbocycles. The molecule has 0 aliphatic rings. The maximum absolute atomic E-state index is 12.7. The molecule has 0 aromatic heterocycles. The lowest BCUT2D eigenvalue weighted by atomic mass is 10.2. The lowest BCUT2D eigenvalue weighted by Gasteiger charge is -2.05. The Morgan fingerprint density at radius 2 is 1.79 bits per heavy atom. The van der Waals surface area contributed by atoms with E-state index in [0.29, 0.717) is 18.7 Å². The summed E-state index contributed by atoms with van der Waals surface area (Å²) in [6.07, 6.45) is 2.74. The van der Waals surface area contributed by atoms with E-state index in [1.807, 2.05) is 0 Å². The number of nitrogens with two attached hydrogens (primary N) is 1. The molecule has 1 aromatic rings. The number of carbonyl (C=O) groups is 2. The fourth-order valence-electron chi connectivity index (χ4n) is 1.56. The largest absolute Gasteiger partial charge is 0.352 e. The molecule has 0 bridgehead atoms. The molecule has 0 radical (unpaired) electrons. The number of carbonyl (C=O) groups excluding carboxylic acids is 2. The van der Waals surface area contributed by atoms with Crippen LogP contribution in [-0.4, -0.2) is 18.5 Å². The summed E-state index contributed by atoms with van der Waals surface area (Å²) in [5, 5.41) is 5.16. The minimum Gasteiger partial charge on any atom is -0.352 e. The Bertz CT molecular complexity index is 420. The predicted molar refractivity (Wildman–Crippen MR) is 71.1 cm³/mol. The summed E-state index contributed by atoms with van der Waals surface area (Å²) >= 11 is 0. The Hall–Kier alpha value is -2.11. The molecule has 0 unspecified atom stereocenters. The van der Waals surface area contributed by atoms with Gasteiger partial charge in [-0.05, 0) is 37.1 Å². The molecular formula is C13H18FN3O2. The van der Waals surface area contributed by atoms with E-state index >= 15 is 0 Å². The minimum absolute atomic E-state index is 0.102. The van der Waals surface area contributed by atoms with Crippen LogP contribution in [0.5, 0.6) is 0 Å². The third-order valence-corrected chi connectivity index (χ3v) is 2.51. The van der Waals surface area contributed by atoms with Gasteiger partial charge in [-0.15, -0.1) is 0 Å². The second-order valence-corrected chi connectivity index (χ2v) is 4.16. The normalized spacial score (nSPS) is 9.95. The van der Waals surface area contributed by atoms with Crippen LogP contribution in [0.2, 0.25) is 0 Å². The molecule has 104 valence electrons. The minimum atomic E-state index is -0.533. The number of amides is 3. The number of unbranched alkanes of at least 4 members (excludes halogenated alkanes) is 2. The molecule has 0 saturated heterocycles. The van der Waals surface area contributed by atoms with E-state index < -0.39 is 6.03 Å². The van der Waals surface area contributed by atoms with Crippen LogP contribution in [0.15, 0.2) is 24.3 Å². The van der Waals surface area contributed by atoms with Crippen LogP contribution < -0.4 is 16.4 Å². The van der Waals surface area contributed by atoms with Crippen molar-refractivity contribution < 1.29 is 14.0 Å². The Labute approximate surface area is 111 Å². The predicted octanol–water partition coefficient (Wildman–Crippen LogP) is 1.99. The summed E-state index contributed by atoms with van der Waals surface area (Å²) in [5.41, 5.74) is 5.50. The van der Waals surface area contributed by atoms with Crippen LogP contribution in [0.4, 0.5) is 14.9 Å². The first-order valence-electron chi connectivity index (χ1n) is 6.16. The van der Waals surface area contributed by atoms with Gasteiger partial charge in [-0.3, -0.25) is 4.79 Å². The highest BCUT2D eigenvalue weighted by Crippen LogP contribution is 2.09. The summed E-state index contributed by atoms with van der Waals surface area (Å²) in [7, 11) is 0. The summed E-state index contributed by atoms with van der Waals surface area (Å²) in [5.74, 6) is -0.436. The number of urea groups is 1. The zero-order valence-electron chi connectivity index (χ0n) is 10.6. The van der Waals surface area contributed by atoms with Gasteiger partial charge in [-0.1, -0.05) is 6.42 Å². The summed E-state index contributed by atoms with van der Waals surface area (Å²) in [6, 6.07) is 5.10. The quantitative estimate of drug-likeness (QED) is 0.660. The van der Waals surface area contributed by atoms with Crippen LogP contribution in [0.3, 0.4) is 0 Å². The molecule has 1 aromatic carbocycles. The van der Waals surface area contributed by atoms with Crippen LogP contribution in [0.1, 0.15) is 25.7 Å². The van der Waals surface area contributed by atoms with Crippen molar-refractivity contribution in [3.05, 3.63) is 30.1 Å². The smallest absolute Gasteiger partial charge is 0.312 e. The number of hydrogen-bond acceptors (Lipinski definition) is 2. The average molecular weight is 267 g/mol.